The molecule has 0 radical (unpaired) electrons. The number of methoxy groups -OCH3 is 1. The van der Waals surface area contributed by atoms with Crippen LogP contribution in [0.2, 0.25) is 0 Å². The Bertz CT molecular complexity index is 299. The van der Waals surface area contributed by atoms with Crippen LogP contribution >= 0.6 is 0 Å². The van der Waals surface area contributed by atoms with E-state index in [1.807, 2.05) is 0 Å². The predicted molar refractivity (Wildman–Crippen MR) is 58.4 cm³/mol. The fourth-order valence-electron chi connectivity index (χ4n) is 1.06. The zero-order valence-electron chi connectivity index (χ0n) is 9.61. The minimum Gasteiger partial charge on any atom is -0.469 e. The molecule has 0 aromatic rings. The van der Waals surface area contributed by atoms with Crippen LogP contribution in [-0.2, 0) is 19.4 Å². The van der Waals surface area contributed by atoms with E-state index < -0.39 is 21.1 Å². The number of ether oxygens (including phenoxy) is 1. The molecule has 0 heterocycles. The molecule has 0 saturated heterocycles. The van der Waals surface area contributed by atoms with E-state index in [4.69, 9.17) is 0 Å². The van der Waals surface area contributed by atoms with Gasteiger partial charge in [0, 0.05) is 6.04 Å². The summed E-state index contributed by atoms with van der Waals surface area (Å²) in [7, 11) is -0.290. The third kappa shape index (κ3) is 4.61. The number of nitrogens with one attached hydrogen (secondary N) is 1. The summed E-state index contributed by atoms with van der Waals surface area (Å²) < 4.78 is 27.8. The average molecular weight is 237 g/mol. The Hall–Kier alpha value is -0.620. The molecule has 0 aromatic carbocycles. The Morgan fingerprint density at radius 3 is 2.33 bits per heavy atom. The number of hydrogen-bond donors (Lipinski definition) is 1. The van der Waals surface area contributed by atoms with E-state index in [-0.39, 0.29) is 18.2 Å². The summed E-state index contributed by atoms with van der Waals surface area (Å²) in [6, 6.07) is -0.132. The molecule has 0 aromatic heterocycles. The molecule has 6 heteroatoms. The average Bonchev–Trinajstić information content (AvgIpc) is 2.23. The lowest BCUT2D eigenvalue weighted by atomic mass is 10.3. The summed E-state index contributed by atoms with van der Waals surface area (Å²) in [6.45, 7) is 3.42. The third-order valence-corrected chi connectivity index (χ3v) is 4.86. The van der Waals surface area contributed by atoms with Gasteiger partial charge in [-0.05, 0) is 20.9 Å². The molecule has 0 fully saturated rings. The summed E-state index contributed by atoms with van der Waals surface area (Å²) in [5.41, 5.74) is 0. The van der Waals surface area contributed by atoms with Crippen molar-refractivity contribution in [3.05, 3.63) is 0 Å². The van der Waals surface area contributed by atoms with Gasteiger partial charge in [0.25, 0.3) is 0 Å². The molecule has 0 aliphatic rings. The van der Waals surface area contributed by atoms with Gasteiger partial charge in [-0.1, -0.05) is 0 Å². The van der Waals surface area contributed by atoms with Crippen molar-refractivity contribution in [2.75, 3.05) is 19.9 Å². The van der Waals surface area contributed by atoms with Gasteiger partial charge in [-0.15, -0.1) is 0 Å². The van der Waals surface area contributed by atoms with Crippen LogP contribution in [-0.4, -0.2) is 45.6 Å². The van der Waals surface area contributed by atoms with Gasteiger partial charge in [-0.3, -0.25) is 4.79 Å². The molecule has 0 spiro atoms. The molecule has 0 bridgehead atoms. The lowest BCUT2D eigenvalue weighted by Crippen LogP contribution is -2.39. The first-order chi connectivity index (χ1) is 6.85. The monoisotopic (exact) mass is 237 g/mol. The maximum absolute atomic E-state index is 11.7. The van der Waals surface area contributed by atoms with Crippen molar-refractivity contribution in [3.63, 3.8) is 0 Å². The van der Waals surface area contributed by atoms with E-state index in [2.05, 4.69) is 10.1 Å². The van der Waals surface area contributed by atoms with E-state index in [0.29, 0.717) is 0 Å². The number of rotatable bonds is 6. The van der Waals surface area contributed by atoms with Crippen molar-refractivity contribution in [2.24, 2.45) is 0 Å². The molecule has 5 nitrogen and oxygen atoms in total. The summed E-state index contributed by atoms with van der Waals surface area (Å²) in [5, 5.41) is 2.37. The molecule has 0 aliphatic heterocycles. The normalized spacial score (nSPS) is 15.7. The van der Waals surface area contributed by atoms with Crippen LogP contribution < -0.4 is 5.32 Å². The van der Waals surface area contributed by atoms with E-state index in [1.165, 1.54) is 7.11 Å². The van der Waals surface area contributed by atoms with Gasteiger partial charge in [-0.25, -0.2) is 8.42 Å². The molecular formula is C9H19NO4S. The molecule has 0 aliphatic carbocycles. The molecular weight excluding hydrogens is 218 g/mol. The van der Waals surface area contributed by atoms with Crippen LogP contribution in [0.3, 0.4) is 0 Å². The second-order valence-corrected chi connectivity index (χ2v) is 5.95. The first-order valence-corrected chi connectivity index (χ1v) is 6.52. The first kappa shape index (κ1) is 14.4. The van der Waals surface area contributed by atoms with E-state index in [9.17, 15) is 13.2 Å². The van der Waals surface area contributed by atoms with Crippen LogP contribution in [0.5, 0.6) is 0 Å². The van der Waals surface area contributed by atoms with E-state index in [0.717, 1.165) is 0 Å². The first-order valence-electron chi connectivity index (χ1n) is 4.80. The number of hydrogen-bond acceptors (Lipinski definition) is 5. The third-order valence-electron chi connectivity index (χ3n) is 2.54. The maximum Gasteiger partial charge on any atom is 0.306 e. The highest BCUT2D eigenvalue weighted by atomic mass is 32.2. The van der Waals surface area contributed by atoms with Crippen LogP contribution in [0.15, 0.2) is 0 Å². The molecule has 2 unspecified atom stereocenters. The van der Waals surface area contributed by atoms with Gasteiger partial charge in [0.1, 0.15) is 0 Å². The second-order valence-electron chi connectivity index (χ2n) is 3.48. The van der Waals surface area contributed by atoms with E-state index in [1.54, 1.807) is 20.9 Å². The lowest BCUT2D eigenvalue weighted by Gasteiger charge is -2.19. The van der Waals surface area contributed by atoms with Gasteiger partial charge >= 0.3 is 5.97 Å². The van der Waals surface area contributed by atoms with Gasteiger partial charge < -0.3 is 10.1 Å². The Morgan fingerprint density at radius 2 is 1.93 bits per heavy atom. The Labute approximate surface area is 91.1 Å². The van der Waals surface area contributed by atoms with Gasteiger partial charge in [0.05, 0.1) is 24.5 Å². The molecule has 90 valence electrons. The highest BCUT2D eigenvalue weighted by molar-refractivity contribution is 7.92. The largest absolute Gasteiger partial charge is 0.469 e. The molecule has 0 saturated carbocycles. The molecule has 15 heavy (non-hydrogen) atoms. The lowest BCUT2D eigenvalue weighted by molar-refractivity contribution is -0.140. The standard InChI is InChI=1S/C9H19NO4S/c1-7(10-3)8(2)15(12,13)6-5-9(11)14-4/h7-8,10H,5-6H2,1-4H3. The Balaban J connectivity index is 4.36. The molecule has 0 rings (SSSR count). The van der Waals surface area contributed by atoms with Gasteiger partial charge in [0.2, 0.25) is 0 Å². The van der Waals surface area contributed by atoms with Crippen molar-refractivity contribution in [1.82, 2.24) is 5.32 Å². The Kier molecular flexibility index (Phi) is 5.82. The fraction of sp³-hybridized carbons (Fsp3) is 0.889. The van der Waals surface area contributed by atoms with Crippen molar-refractivity contribution < 1.29 is 17.9 Å². The fourth-order valence-corrected chi connectivity index (χ4v) is 2.64. The smallest absolute Gasteiger partial charge is 0.306 e. The van der Waals surface area contributed by atoms with Crippen LogP contribution in [0, 0.1) is 0 Å². The zero-order valence-corrected chi connectivity index (χ0v) is 10.4. The highest BCUT2D eigenvalue weighted by Crippen LogP contribution is 2.08. The van der Waals surface area contributed by atoms with Gasteiger partial charge in [-0.2, -0.15) is 0 Å². The predicted octanol–water partition coefficient (Wildman–Crippen LogP) is -0.0393. The summed E-state index contributed by atoms with van der Waals surface area (Å²) in [4.78, 5) is 10.8. The van der Waals surface area contributed by atoms with Crippen molar-refractivity contribution in [1.29, 1.82) is 0 Å². The maximum atomic E-state index is 11.7. The van der Waals surface area contributed by atoms with Crippen LogP contribution in [0.4, 0.5) is 0 Å². The minimum absolute atomic E-state index is 0.0837. The number of carbonyl (C=O) groups is 1. The SMILES string of the molecule is CNC(C)C(C)S(=O)(=O)CCC(=O)OC. The van der Waals surface area contributed by atoms with E-state index >= 15 is 0 Å². The highest BCUT2D eigenvalue weighted by Gasteiger charge is 2.26. The van der Waals surface area contributed by atoms with Crippen molar-refractivity contribution in [2.45, 2.75) is 31.6 Å². The summed E-state index contributed by atoms with van der Waals surface area (Å²) >= 11 is 0. The summed E-state index contributed by atoms with van der Waals surface area (Å²) in [6.07, 6.45) is -0.0837. The molecule has 0 amide bonds. The molecule has 2 atom stereocenters. The number of carbonyl (C=O) groups excluding carboxylic acids is 1. The topological polar surface area (TPSA) is 72.5 Å². The van der Waals surface area contributed by atoms with Crippen LogP contribution in [0.25, 0.3) is 0 Å². The van der Waals surface area contributed by atoms with Crippen LogP contribution in [0.1, 0.15) is 20.3 Å². The zero-order chi connectivity index (χ0) is 12.1. The van der Waals surface area contributed by atoms with Gasteiger partial charge in [0.15, 0.2) is 9.84 Å². The summed E-state index contributed by atoms with van der Waals surface area (Å²) in [5.74, 6) is -0.657. The molecule has 1 N–H and O–H groups in total. The quantitative estimate of drug-likeness (QED) is 0.656. The Morgan fingerprint density at radius 1 is 1.40 bits per heavy atom. The second kappa shape index (κ2) is 6.07. The number of sulfone groups is 1. The van der Waals surface area contributed by atoms with Crippen molar-refractivity contribution in [3.8, 4) is 0 Å². The van der Waals surface area contributed by atoms with Crippen molar-refractivity contribution >= 4 is 15.8 Å². The minimum atomic E-state index is -3.24. The number of esters is 1.